The summed E-state index contributed by atoms with van der Waals surface area (Å²) in [6, 6.07) is 14.5. The van der Waals surface area contributed by atoms with Crippen LogP contribution in [-0.4, -0.2) is 59.9 Å². The van der Waals surface area contributed by atoms with E-state index in [-0.39, 0.29) is 34.6 Å². The fourth-order valence-electron chi connectivity index (χ4n) is 6.14. The Labute approximate surface area is 217 Å². The van der Waals surface area contributed by atoms with E-state index in [4.69, 9.17) is 9.47 Å². The molecule has 3 unspecified atom stereocenters. The first-order valence-corrected chi connectivity index (χ1v) is 13.0. The number of fused-ring (bicyclic) bond motifs is 3. The van der Waals surface area contributed by atoms with Crippen molar-refractivity contribution in [1.29, 1.82) is 0 Å². The van der Waals surface area contributed by atoms with Crippen LogP contribution in [0.2, 0.25) is 0 Å². The fraction of sp³-hybridized carbons (Fsp3) is 0.414. The summed E-state index contributed by atoms with van der Waals surface area (Å²) in [4.78, 5) is 42.2. The van der Waals surface area contributed by atoms with Crippen LogP contribution in [0.15, 0.2) is 54.6 Å². The third-order valence-corrected chi connectivity index (χ3v) is 8.08. The summed E-state index contributed by atoms with van der Waals surface area (Å²) in [7, 11) is 2.21. The number of esters is 2. The monoisotopic (exact) mass is 503 g/mol. The van der Waals surface area contributed by atoms with Crippen LogP contribution in [0.3, 0.4) is 0 Å². The average molecular weight is 504 g/mol. The summed E-state index contributed by atoms with van der Waals surface area (Å²) in [6.45, 7) is 4.76. The number of benzene rings is 2. The molecule has 0 saturated carbocycles. The van der Waals surface area contributed by atoms with Gasteiger partial charge in [-0.3, -0.25) is 9.69 Å². The minimum atomic E-state index is -0.732. The minimum absolute atomic E-state index is 0.0294. The van der Waals surface area contributed by atoms with Crippen molar-refractivity contribution in [3.05, 3.63) is 65.7 Å². The Bertz CT molecular complexity index is 1240. The molecule has 2 aromatic carbocycles. The molecule has 2 aromatic rings. The molecule has 2 fully saturated rings. The van der Waals surface area contributed by atoms with Crippen molar-refractivity contribution in [2.75, 3.05) is 25.5 Å². The largest absolute Gasteiger partial charge is 0.418 e. The lowest BCUT2D eigenvalue weighted by Gasteiger charge is -2.46. The molecule has 0 aliphatic carbocycles. The van der Waals surface area contributed by atoms with E-state index in [1.54, 1.807) is 17.0 Å². The SMILES string of the molecule is CCN(CC)C(=O)c1ccc(NC2CC3CCC(c4ccccc4)(C2)N3C)c2c1OC(=O)/C=C/C(=O)O2. The molecule has 2 saturated heterocycles. The van der Waals surface area contributed by atoms with Crippen LogP contribution in [0.1, 0.15) is 55.5 Å². The third-order valence-electron chi connectivity index (χ3n) is 8.08. The van der Waals surface area contributed by atoms with Gasteiger partial charge in [-0.05, 0) is 64.3 Å². The maximum Gasteiger partial charge on any atom is 0.336 e. The Hall–Kier alpha value is -3.65. The number of hydrogen-bond donors (Lipinski definition) is 1. The zero-order chi connectivity index (χ0) is 26.2. The number of amides is 1. The van der Waals surface area contributed by atoms with Gasteiger partial charge in [0.1, 0.15) is 0 Å². The minimum Gasteiger partial charge on any atom is -0.418 e. The van der Waals surface area contributed by atoms with Gasteiger partial charge in [0.25, 0.3) is 5.91 Å². The predicted octanol–water partition coefficient (Wildman–Crippen LogP) is 4.11. The number of nitrogens with one attached hydrogen (secondary N) is 1. The highest BCUT2D eigenvalue weighted by atomic mass is 16.6. The van der Waals surface area contributed by atoms with Crippen molar-refractivity contribution < 1.29 is 23.9 Å². The number of carbonyl (C=O) groups is 3. The molecule has 37 heavy (non-hydrogen) atoms. The number of rotatable bonds is 6. The van der Waals surface area contributed by atoms with Gasteiger partial charge < -0.3 is 19.7 Å². The quantitative estimate of drug-likeness (QED) is 0.469. The lowest BCUT2D eigenvalue weighted by Crippen LogP contribution is -2.51. The molecule has 0 radical (unpaired) electrons. The first kappa shape index (κ1) is 25.0. The number of nitrogens with zero attached hydrogens (tertiary/aromatic N) is 2. The van der Waals surface area contributed by atoms with E-state index in [2.05, 4.69) is 41.5 Å². The van der Waals surface area contributed by atoms with E-state index < -0.39 is 11.9 Å². The van der Waals surface area contributed by atoms with Crippen molar-refractivity contribution >= 4 is 23.5 Å². The van der Waals surface area contributed by atoms with Crippen molar-refractivity contribution in [3.8, 4) is 11.5 Å². The van der Waals surface area contributed by atoms with Gasteiger partial charge in [0.2, 0.25) is 0 Å². The second-order valence-corrected chi connectivity index (χ2v) is 9.95. The second-order valence-electron chi connectivity index (χ2n) is 9.95. The van der Waals surface area contributed by atoms with E-state index in [0.29, 0.717) is 24.8 Å². The summed E-state index contributed by atoms with van der Waals surface area (Å²) in [6.07, 6.45) is 6.02. The molecule has 194 valence electrons. The Morgan fingerprint density at radius 1 is 1.03 bits per heavy atom. The summed E-state index contributed by atoms with van der Waals surface area (Å²) >= 11 is 0. The first-order chi connectivity index (χ1) is 17.9. The Morgan fingerprint density at radius 3 is 2.38 bits per heavy atom. The molecule has 3 atom stereocenters. The van der Waals surface area contributed by atoms with Crippen LogP contribution in [-0.2, 0) is 15.1 Å². The van der Waals surface area contributed by atoms with Crippen LogP contribution in [0, 0.1) is 0 Å². The van der Waals surface area contributed by atoms with Crippen LogP contribution < -0.4 is 14.8 Å². The first-order valence-electron chi connectivity index (χ1n) is 13.0. The van der Waals surface area contributed by atoms with Crippen molar-refractivity contribution in [3.63, 3.8) is 0 Å². The number of anilines is 1. The third kappa shape index (κ3) is 4.50. The number of ether oxygens (including phenoxy) is 2. The van der Waals surface area contributed by atoms with Crippen molar-refractivity contribution in [1.82, 2.24) is 9.80 Å². The molecule has 0 aromatic heterocycles. The lowest BCUT2D eigenvalue weighted by molar-refractivity contribution is -0.133. The average Bonchev–Trinajstić information content (AvgIpc) is 3.07. The highest BCUT2D eigenvalue weighted by Crippen LogP contribution is 2.51. The maximum atomic E-state index is 13.2. The molecule has 2 bridgehead atoms. The highest BCUT2D eigenvalue weighted by Gasteiger charge is 2.51. The molecular formula is C29H33N3O5. The van der Waals surface area contributed by atoms with E-state index >= 15 is 0 Å². The van der Waals surface area contributed by atoms with Crippen LogP contribution >= 0.6 is 0 Å². The highest BCUT2D eigenvalue weighted by molar-refractivity contribution is 6.03. The summed E-state index contributed by atoms with van der Waals surface area (Å²) in [5.74, 6) is -1.68. The molecule has 8 nitrogen and oxygen atoms in total. The molecule has 0 spiro atoms. The number of piperidine rings is 1. The predicted molar refractivity (Wildman–Crippen MR) is 140 cm³/mol. The molecule has 5 rings (SSSR count). The molecule has 1 amide bonds. The van der Waals surface area contributed by atoms with Crippen LogP contribution in [0.25, 0.3) is 0 Å². The van der Waals surface area contributed by atoms with Gasteiger partial charge in [-0.15, -0.1) is 0 Å². The lowest BCUT2D eigenvalue weighted by atomic mass is 9.80. The smallest absolute Gasteiger partial charge is 0.336 e. The Balaban J connectivity index is 1.52. The number of carbonyl (C=O) groups excluding carboxylic acids is 3. The Morgan fingerprint density at radius 2 is 1.70 bits per heavy atom. The summed E-state index contributed by atoms with van der Waals surface area (Å²) in [5, 5.41) is 3.59. The van der Waals surface area contributed by atoms with Gasteiger partial charge in [0.05, 0.1) is 11.3 Å². The van der Waals surface area contributed by atoms with Crippen LogP contribution in [0.5, 0.6) is 11.5 Å². The van der Waals surface area contributed by atoms with E-state index in [0.717, 1.165) is 37.8 Å². The topological polar surface area (TPSA) is 88.2 Å². The molecule has 1 N–H and O–H groups in total. The summed E-state index contributed by atoms with van der Waals surface area (Å²) in [5.41, 5.74) is 1.93. The van der Waals surface area contributed by atoms with E-state index in [1.165, 1.54) is 5.56 Å². The van der Waals surface area contributed by atoms with Gasteiger partial charge in [-0.2, -0.15) is 0 Å². The van der Waals surface area contributed by atoms with Gasteiger partial charge in [-0.25, -0.2) is 9.59 Å². The number of hydrogen-bond acceptors (Lipinski definition) is 7. The zero-order valence-corrected chi connectivity index (χ0v) is 21.5. The van der Waals surface area contributed by atoms with Gasteiger partial charge in [0, 0.05) is 42.9 Å². The zero-order valence-electron chi connectivity index (χ0n) is 21.5. The molecule has 8 heteroatoms. The molecular weight excluding hydrogens is 470 g/mol. The normalized spacial score (nSPS) is 25.8. The second kappa shape index (κ2) is 10.0. The van der Waals surface area contributed by atoms with Gasteiger partial charge in [0.15, 0.2) is 11.5 Å². The summed E-state index contributed by atoms with van der Waals surface area (Å²) < 4.78 is 11.2. The molecule has 3 heterocycles. The molecule has 3 aliphatic rings. The standard InChI is InChI=1S/C29H33N3O5/c1-4-32(5-2)28(35)22-11-12-23(27-26(22)36-24(33)13-14-25(34)37-27)30-20-17-21-15-16-29(18-20,31(21)3)19-9-7-6-8-10-19/h6-14,20-21,30H,4-5,15-18H2,1-3H3/b14-13+. The van der Waals surface area contributed by atoms with Gasteiger partial charge >= 0.3 is 11.9 Å². The van der Waals surface area contributed by atoms with Crippen molar-refractivity contribution in [2.45, 2.75) is 57.2 Å². The fourth-order valence-corrected chi connectivity index (χ4v) is 6.14. The van der Waals surface area contributed by atoms with E-state index in [9.17, 15) is 14.4 Å². The van der Waals surface area contributed by atoms with Crippen LogP contribution in [0.4, 0.5) is 5.69 Å². The Kier molecular flexibility index (Phi) is 6.77. The van der Waals surface area contributed by atoms with Crippen molar-refractivity contribution in [2.24, 2.45) is 0 Å². The van der Waals surface area contributed by atoms with Gasteiger partial charge in [-0.1, -0.05) is 30.3 Å². The maximum absolute atomic E-state index is 13.2. The van der Waals surface area contributed by atoms with E-state index in [1.807, 2.05) is 19.9 Å². The molecule has 3 aliphatic heterocycles.